The largest absolute Gasteiger partial charge is 0.491 e. The summed E-state index contributed by atoms with van der Waals surface area (Å²) in [5, 5.41) is 0. The van der Waals surface area contributed by atoms with Crippen molar-refractivity contribution in [3.63, 3.8) is 0 Å². The molecule has 0 spiro atoms. The third-order valence-corrected chi connectivity index (χ3v) is 4.00. The van der Waals surface area contributed by atoms with Crippen molar-refractivity contribution < 1.29 is 18.7 Å². The third-order valence-electron chi connectivity index (χ3n) is 4.00. The van der Waals surface area contributed by atoms with E-state index in [0.29, 0.717) is 12.5 Å². The van der Waals surface area contributed by atoms with Crippen LogP contribution in [-0.4, -0.2) is 41.6 Å². The van der Waals surface area contributed by atoms with Crippen LogP contribution in [0, 0.1) is 6.92 Å². The first-order valence-corrected chi connectivity index (χ1v) is 8.19. The van der Waals surface area contributed by atoms with Gasteiger partial charge in [-0.15, -0.1) is 0 Å². The third kappa shape index (κ3) is 4.35. The standard InChI is InChI=1S/C18H22N2O4/c1-14-10-19-17(24-14)12-22-13-18(21)20-9-5-6-15(20)11-23-16-7-3-2-4-8-16/h2-4,7-8,10,15H,5-6,9,11-13H2,1H3/t15-/m0/s1. The fourth-order valence-electron chi connectivity index (χ4n) is 2.82. The predicted molar refractivity (Wildman–Crippen MR) is 87.6 cm³/mol. The lowest BCUT2D eigenvalue weighted by atomic mass is 10.2. The number of carbonyl (C=O) groups excluding carboxylic acids is 1. The average molecular weight is 330 g/mol. The number of nitrogens with zero attached hydrogens (tertiary/aromatic N) is 2. The van der Waals surface area contributed by atoms with Crippen LogP contribution in [0.25, 0.3) is 0 Å². The number of hydrogen-bond donors (Lipinski definition) is 0. The van der Waals surface area contributed by atoms with Gasteiger partial charge in [0.05, 0.1) is 12.2 Å². The van der Waals surface area contributed by atoms with Crippen LogP contribution in [0.3, 0.4) is 0 Å². The Morgan fingerprint density at radius 2 is 2.21 bits per heavy atom. The number of benzene rings is 1. The normalized spacial score (nSPS) is 17.2. The number of rotatable bonds is 7. The van der Waals surface area contributed by atoms with Crippen LogP contribution in [0.15, 0.2) is 40.9 Å². The topological polar surface area (TPSA) is 64.8 Å². The number of aromatic nitrogens is 1. The number of hydrogen-bond acceptors (Lipinski definition) is 5. The zero-order valence-electron chi connectivity index (χ0n) is 13.8. The van der Waals surface area contributed by atoms with E-state index in [9.17, 15) is 4.79 Å². The van der Waals surface area contributed by atoms with Crippen molar-refractivity contribution in [1.29, 1.82) is 0 Å². The maximum atomic E-state index is 12.4. The van der Waals surface area contributed by atoms with Gasteiger partial charge < -0.3 is 18.8 Å². The lowest BCUT2D eigenvalue weighted by Gasteiger charge is -2.24. The minimum Gasteiger partial charge on any atom is -0.491 e. The SMILES string of the molecule is Cc1cnc(COCC(=O)N2CCC[C@H]2COc2ccccc2)o1. The molecule has 6 heteroatoms. The highest BCUT2D eigenvalue weighted by molar-refractivity contribution is 5.78. The lowest BCUT2D eigenvalue weighted by Crippen LogP contribution is -2.41. The Kier molecular flexibility index (Phi) is 5.48. The molecule has 0 saturated carbocycles. The van der Waals surface area contributed by atoms with Crippen molar-refractivity contribution in [2.45, 2.75) is 32.4 Å². The summed E-state index contributed by atoms with van der Waals surface area (Å²) in [6.45, 7) is 3.32. The number of para-hydroxylation sites is 1. The molecule has 0 aliphatic carbocycles. The van der Waals surface area contributed by atoms with E-state index in [1.54, 1.807) is 6.20 Å². The maximum absolute atomic E-state index is 12.4. The molecule has 1 aliphatic heterocycles. The molecule has 24 heavy (non-hydrogen) atoms. The summed E-state index contributed by atoms with van der Waals surface area (Å²) in [5.41, 5.74) is 0. The summed E-state index contributed by atoms with van der Waals surface area (Å²) >= 11 is 0. The Balaban J connectivity index is 1.44. The first-order valence-electron chi connectivity index (χ1n) is 8.19. The molecule has 2 aromatic rings. The van der Waals surface area contributed by atoms with Crippen LogP contribution < -0.4 is 4.74 Å². The Labute approximate surface area is 141 Å². The van der Waals surface area contributed by atoms with E-state index in [4.69, 9.17) is 13.9 Å². The number of aryl methyl sites for hydroxylation is 1. The first-order chi connectivity index (χ1) is 11.7. The van der Waals surface area contributed by atoms with Crippen LogP contribution in [-0.2, 0) is 16.1 Å². The van der Waals surface area contributed by atoms with Gasteiger partial charge in [0, 0.05) is 6.54 Å². The smallest absolute Gasteiger partial charge is 0.248 e. The van der Waals surface area contributed by atoms with Gasteiger partial charge in [0.2, 0.25) is 11.8 Å². The molecule has 0 bridgehead atoms. The molecular weight excluding hydrogens is 308 g/mol. The summed E-state index contributed by atoms with van der Waals surface area (Å²) in [7, 11) is 0. The summed E-state index contributed by atoms with van der Waals surface area (Å²) in [5.74, 6) is 2.04. The number of likely N-dealkylation sites (tertiary alicyclic amines) is 1. The molecule has 0 unspecified atom stereocenters. The molecule has 1 fully saturated rings. The molecule has 1 aromatic carbocycles. The van der Waals surface area contributed by atoms with Gasteiger partial charge in [0.25, 0.3) is 0 Å². The van der Waals surface area contributed by atoms with Crippen LogP contribution in [0.5, 0.6) is 5.75 Å². The van der Waals surface area contributed by atoms with Crippen molar-refractivity contribution in [2.75, 3.05) is 19.8 Å². The van der Waals surface area contributed by atoms with Gasteiger partial charge in [-0.2, -0.15) is 0 Å². The second-order valence-electron chi connectivity index (χ2n) is 5.86. The molecule has 3 rings (SSSR count). The second kappa shape index (κ2) is 7.97. The van der Waals surface area contributed by atoms with Crippen molar-refractivity contribution in [3.8, 4) is 5.75 Å². The molecule has 1 aliphatic rings. The first kappa shape index (κ1) is 16.5. The van der Waals surface area contributed by atoms with Crippen molar-refractivity contribution >= 4 is 5.91 Å². The van der Waals surface area contributed by atoms with Gasteiger partial charge in [-0.05, 0) is 31.9 Å². The molecular formula is C18H22N2O4. The number of carbonyl (C=O) groups is 1. The van der Waals surface area contributed by atoms with Gasteiger partial charge in [-0.1, -0.05) is 18.2 Å². The Morgan fingerprint density at radius 3 is 2.96 bits per heavy atom. The molecule has 6 nitrogen and oxygen atoms in total. The zero-order valence-corrected chi connectivity index (χ0v) is 13.8. The fourth-order valence-corrected chi connectivity index (χ4v) is 2.82. The predicted octanol–water partition coefficient (Wildman–Crippen LogP) is 2.57. The highest BCUT2D eigenvalue weighted by Crippen LogP contribution is 2.19. The highest BCUT2D eigenvalue weighted by Gasteiger charge is 2.29. The highest BCUT2D eigenvalue weighted by atomic mass is 16.5. The van der Waals surface area contributed by atoms with E-state index >= 15 is 0 Å². The minimum atomic E-state index is -0.0163. The summed E-state index contributed by atoms with van der Waals surface area (Å²) < 4.78 is 16.5. The summed E-state index contributed by atoms with van der Waals surface area (Å²) in [4.78, 5) is 18.3. The van der Waals surface area contributed by atoms with Gasteiger partial charge in [0.1, 0.15) is 31.3 Å². The molecule has 1 aromatic heterocycles. The Morgan fingerprint density at radius 1 is 1.38 bits per heavy atom. The van der Waals surface area contributed by atoms with E-state index in [2.05, 4.69) is 4.98 Å². The van der Waals surface area contributed by atoms with Crippen LogP contribution in [0.2, 0.25) is 0 Å². The fraction of sp³-hybridized carbons (Fsp3) is 0.444. The quantitative estimate of drug-likeness (QED) is 0.781. The Bertz CT molecular complexity index is 656. The van der Waals surface area contributed by atoms with E-state index in [0.717, 1.165) is 30.9 Å². The molecule has 2 heterocycles. The second-order valence-corrected chi connectivity index (χ2v) is 5.86. The lowest BCUT2D eigenvalue weighted by molar-refractivity contribution is -0.138. The minimum absolute atomic E-state index is 0.0163. The Hall–Kier alpha value is -2.34. The van der Waals surface area contributed by atoms with Crippen molar-refractivity contribution in [2.24, 2.45) is 0 Å². The number of ether oxygens (including phenoxy) is 2. The molecule has 1 saturated heterocycles. The summed E-state index contributed by atoms with van der Waals surface area (Å²) in [6.07, 6.45) is 3.59. The van der Waals surface area contributed by atoms with Gasteiger partial charge in [-0.25, -0.2) is 4.98 Å². The van der Waals surface area contributed by atoms with Gasteiger partial charge in [0.15, 0.2) is 0 Å². The van der Waals surface area contributed by atoms with E-state index in [-0.39, 0.29) is 25.2 Å². The number of oxazole rings is 1. The van der Waals surface area contributed by atoms with E-state index in [1.807, 2.05) is 42.2 Å². The van der Waals surface area contributed by atoms with Crippen LogP contribution in [0.1, 0.15) is 24.5 Å². The van der Waals surface area contributed by atoms with Crippen LogP contribution >= 0.6 is 0 Å². The average Bonchev–Trinajstić information content (AvgIpc) is 3.23. The molecule has 0 N–H and O–H groups in total. The molecule has 1 amide bonds. The summed E-state index contributed by atoms with van der Waals surface area (Å²) in [6, 6.07) is 9.76. The molecule has 0 radical (unpaired) electrons. The van der Waals surface area contributed by atoms with E-state index in [1.165, 1.54) is 0 Å². The monoisotopic (exact) mass is 330 g/mol. The van der Waals surface area contributed by atoms with Crippen LogP contribution in [0.4, 0.5) is 0 Å². The molecule has 1 atom stereocenters. The van der Waals surface area contributed by atoms with Crippen molar-refractivity contribution in [1.82, 2.24) is 9.88 Å². The zero-order chi connectivity index (χ0) is 16.8. The van der Waals surface area contributed by atoms with Gasteiger partial charge in [-0.3, -0.25) is 4.79 Å². The molecule has 128 valence electrons. The van der Waals surface area contributed by atoms with E-state index < -0.39 is 0 Å². The van der Waals surface area contributed by atoms with Crippen molar-refractivity contribution in [3.05, 3.63) is 48.2 Å². The number of amides is 1. The maximum Gasteiger partial charge on any atom is 0.248 e. The van der Waals surface area contributed by atoms with Gasteiger partial charge >= 0.3 is 0 Å².